The number of hydrogen-bond donors (Lipinski definition) is 0. The van der Waals surface area contributed by atoms with E-state index in [-0.39, 0.29) is 0 Å². The van der Waals surface area contributed by atoms with Crippen LogP contribution in [0.15, 0.2) is 0 Å². The van der Waals surface area contributed by atoms with E-state index in [4.69, 9.17) is 0 Å². The summed E-state index contributed by atoms with van der Waals surface area (Å²) in [5.74, 6) is 0. The Morgan fingerprint density at radius 2 is 1.90 bits per heavy atom. The van der Waals surface area contributed by atoms with Crippen LogP contribution >= 0.6 is 0 Å². The van der Waals surface area contributed by atoms with Crippen LogP contribution in [0.2, 0.25) is 0 Å². The molecule has 0 N–H and O–H groups in total. The second-order valence-corrected chi connectivity index (χ2v) is 3.84. The molecule has 0 amide bonds. The predicted octanol–water partition coefficient (Wildman–Crippen LogP) is 2.36. The van der Waals surface area contributed by atoms with Gasteiger partial charge in [-0.15, -0.1) is 0 Å². The fraction of sp³-hybridized carbons (Fsp3) is 0.875. The van der Waals surface area contributed by atoms with Crippen molar-refractivity contribution in [3.63, 3.8) is 0 Å². The summed E-state index contributed by atoms with van der Waals surface area (Å²) in [4.78, 5) is 0. The molecule has 2 heteroatoms. The fourth-order valence-electron chi connectivity index (χ4n) is 0.853. The number of rotatable bonds is 5. The van der Waals surface area contributed by atoms with Gasteiger partial charge in [-0.3, -0.25) is 0 Å². The van der Waals surface area contributed by atoms with Crippen LogP contribution in [0.25, 0.3) is 0 Å². The predicted molar refractivity (Wildman–Crippen MR) is 43.7 cm³/mol. The normalized spacial score (nSPS) is 8.50. The first-order valence-corrected chi connectivity index (χ1v) is 6.29. The molecule has 0 aliphatic rings. The van der Waals surface area contributed by atoms with Gasteiger partial charge < -0.3 is 0 Å². The first kappa shape index (κ1) is 10.4. The Labute approximate surface area is 73.2 Å². The summed E-state index contributed by atoms with van der Waals surface area (Å²) >= 11 is -1.21. The van der Waals surface area contributed by atoms with E-state index in [1.165, 1.54) is 32.1 Å². The Morgan fingerprint density at radius 1 is 1.20 bits per heavy atom. The molecular weight excluding hydrogens is 234 g/mol. The Morgan fingerprint density at radius 3 is 2.50 bits per heavy atom. The molecular formula is C8H15OSb. The molecule has 0 bridgehead atoms. The molecule has 0 spiro atoms. The fourth-order valence-corrected chi connectivity index (χ4v) is 1.57. The van der Waals surface area contributed by atoms with E-state index in [9.17, 15) is 3.02 Å². The van der Waals surface area contributed by atoms with Gasteiger partial charge in [0, 0.05) is 0 Å². The van der Waals surface area contributed by atoms with Crippen molar-refractivity contribution in [2.45, 2.75) is 45.4 Å². The van der Waals surface area contributed by atoms with Gasteiger partial charge in [0.1, 0.15) is 0 Å². The molecule has 58 valence electrons. The molecule has 0 radical (unpaired) electrons. The summed E-state index contributed by atoms with van der Waals surface area (Å²) < 4.78 is 13.0. The summed E-state index contributed by atoms with van der Waals surface area (Å²) in [7, 11) is 0. The first-order valence-electron chi connectivity index (χ1n) is 3.97. The molecule has 0 aromatic heterocycles. The molecule has 0 saturated carbocycles. The Hall–Kier alpha value is 0.398. The summed E-state index contributed by atoms with van der Waals surface area (Å²) in [5, 5.41) is 0. The third-order valence-electron chi connectivity index (χ3n) is 1.46. The molecule has 1 nitrogen and oxygen atoms in total. The van der Waals surface area contributed by atoms with E-state index in [2.05, 4.69) is 10.7 Å². The molecule has 0 unspecified atom stereocenters. The second kappa shape index (κ2) is 9.40. The van der Waals surface area contributed by atoms with Gasteiger partial charge in [-0.2, -0.15) is 0 Å². The van der Waals surface area contributed by atoms with Gasteiger partial charge in [-0.05, 0) is 0 Å². The maximum absolute atomic E-state index is 10.1. The zero-order valence-corrected chi connectivity index (χ0v) is 9.15. The van der Waals surface area contributed by atoms with Crippen molar-refractivity contribution in [2.75, 3.05) is 0 Å². The maximum atomic E-state index is 10.1. The van der Waals surface area contributed by atoms with Crippen LogP contribution in [0.5, 0.6) is 0 Å². The molecule has 0 saturated heterocycles. The number of hydrogen-bond acceptors (Lipinski definition) is 1. The minimum atomic E-state index is -1.21. The quantitative estimate of drug-likeness (QED) is 0.539. The second-order valence-electron chi connectivity index (χ2n) is 2.41. The molecule has 10 heavy (non-hydrogen) atoms. The summed E-state index contributed by atoms with van der Waals surface area (Å²) in [6.07, 6.45) is 7.42. The standard InChI is InChI=1S/C8H15.O.Sb/c1-3-5-7-8-6-4-2;;/h3-8H2,1H3;;. The van der Waals surface area contributed by atoms with Crippen molar-refractivity contribution in [1.29, 1.82) is 0 Å². The van der Waals surface area contributed by atoms with Crippen LogP contribution in [0.3, 0.4) is 0 Å². The van der Waals surface area contributed by atoms with E-state index in [0.717, 1.165) is 6.42 Å². The van der Waals surface area contributed by atoms with Crippen molar-refractivity contribution >= 4 is 20.9 Å². The van der Waals surface area contributed by atoms with Crippen LogP contribution in [0.4, 0.5) is 0 Å². The Kier molecular flexibility index (Phi) is 9.77. The Balaban J connectivity index is 2.88. The molecule has 0 aromatic rings. The molecule has 0 aliphatic carbocycles. The van der Waals surface area contributed by atoms with E-state index in [1.54, 1.807) is 0 Å². The van der Waals surface area contributed by atoms with Crippen molar-refractivity contribution in [3.05, 3.63) is 0 Å². The van der Waals surface area contributed by atoms with Crippen LogP contribution in [0, 0.1) is 3.75 Å². The summed E-state index contributed by atoms with van der Waals surface area (Å²) in [6.45, 7) is 2.21. The zero-order valence-electron chi connectivity index (χ0n) is 6.60. The van der Waals surface area contributed by atoms with Crippen molar-refractivity contribution < 1.29 is 3.02 Å². The molecule has 0 atom stereocenters. The monoisotopic (exact) mass is 248 g/mol. The van der Waals surface area contributed by atoms with Crippen LogP contribution in [-0.2, 0) is 3.02 Å². The van der Waals surface area contributed by atoms with Gasteiger partial charge in [0.25, 0.3) is 0 Å². The van der Waals surface area contributed by atoms with Crippen LogP contribution in [-0.4, -0.2) is 20.9 Å². The van der Waals surface area contributed by atoms with Gasteiger partial charge in [0.2, 0.25) is 0 Å². The van der Waals surface area contributed by atoms with Gasteiger partial charge in [-0.1, -0.05) is 0 Å². The molecule has 0 fully saturated rings. The molecule has 0 aromatic carbocycles. The zero-order chi connectivity index (χ0) is 7.66. The Bertz CT molecular complexity index is 146. The minimum absolute atomic E-state index is 0.963. The van der Waals surface area contributed by atoms with E-state index in [1.807, 2.05) is 0 Å². The van der Waals surface area contributed by atoms with Gasteiger partial charge in [-0.25, -0.2) is 0 Å². The van der Waals surface area contributed by atoms with Crippen molar-refractivity contribution in [2.24, 2.45) is 0 Å². The van der Waals surface area contributed by atoms with E-state index < -0.39 is 20.9 Å². The third kappa shape index (κ3) is 8.40. The van der Waals surface area contributed by atoms with Gasteiger partial charge in [0.15, 0.2) is 0 Å². The topological polar surface area (TPSA) is 17.1 Å². The van der Waals surface area contributed by atoms with Crippen LogP contribution in [0.1, 0.15) is 45.4 Å². The third-order valence-corrected chi connectivity index (χ3v) is 2.46. The van der Waals surface area contributed by atoms with E-state index >= 15 is 0 Å². The first-order chi connectivity index (χ1) is 4.91. The molecule has 0 aliphatic heterocycles. The van der Waals surface area contributed by atoms with Gasteiger partial charge in [0.05, 0.1) is 0 Å². The molecule has 0 heterocycles. The van der Waals surface area contributed by atoms with Crippen molar-refractivity contribution in [1.82, 2.24) is 0 Å². The average molecular weight is 249 g/mol. The van der Waals surface area contributed by atoms with Crippen LogP contribution < -0.4 is 0 Å². The molecule has 0 rings (SSSR count). The van der Waals surface area contributed by atoms with Gasteiger partial charge >= 0.3 is 73.1 Å². The van der Waals surface area contributed by atoms with Crippen molar-refractivity contribution in [3.8, 4) is 3.75 Å². The van der Waals surface area contributed by atoms with E-state index in [0.29, 0.717) is 0 Å². The summed E-state index contributed by atoms with van der Waals surface area (Å²) in [5.41, 5.74) is 0. The average Bonchev–Trinajstić information content (AvgIpc) is 1.97. The number of unbranched alkanes of at least 4 members (excludes halogenated alkanes) is 5. The SMILES string of the molecule is CCCCCCC[C]#[Sb]=[O]. The summed E-state index contributed by atoms with van der Waals surface area (Å²) in [6, 6.07) is 0.